The first-order chi connectivity index (χ1) is 14.6. The molecule has 2 aromatic carbocycles. The first-order valence-corrected chi connectivity index (χ1v) is 9.78. The molecule has 0 radical (unpaired) electrons. The number of amides is 2. The zero-order valence-electron chi connectivity index (χ0n) is 15.6. The van der Waals surface area contributed by atoms with Crippen LogP contribution >= 0.6 is 15.9 Å². The van der Waals surface area contributed by atoms with E-state index in [1.54, 1.807) is 42.5 Å². The van der Waals surface area contributed by atoms with Crippen LogP contribution in [0.2, 0.25) is 0 Å². The Hall–Kier alpha value is -3.59. The fourth-order valence-corrected chi connectivity index (χ4v) is 2.96. The number of carbonyl (C=O) groups is 2. The first kappa shape index (κ1) is 19.7. The predicted molar refractivity (Wildman–Crippen MR) is 111 cm³/mol. The summed E-state index contributed by atoms with van der Waals surface area (Å²) in [7, 11) is 0. The van der Waals surface area contributed by atoms with Crippen LogP contribution in [0.3, 0.4) is 0 Å². The molecule has 0 spiro atoms. The fraction of sp³-hybridized carbons (Fsp3) is 0.0952. The minimum atomic E-state index is -0.568. The highest BCUT2D eigenvalue weighted by Crippen LogP contribution is 2.30. The fourth-order valence-electron chi connectivity index (χ4n) is 2.70. The van der Waals surface area contributed by atoms with E-state index in [0.717, 1.165) is 4.47 Å². The molecule has 3 aromatic rings. The monoisotopic (exact) mass is 469 g/mol. The quantitative estimate of drug-likeness (QED) is 0.567. The highest BCUT2D eigenvalue weighted by atomic mass is 79.9. The van der Waals surface area contributed by atoms with Crippen LogP contribution in [0.5, 0.6) is 23.1 Å². The number of halogens is 1. The van der Waals surface area contributed by atoms with Gasteiger partial charge in [0.15, 0.2) is 11.5 Å². The van der Waals surface area contributed by atoms with E-state index in [1.165, 1.54) is 6.20 Å². The lowest BCUT2D eigenvalue weighted by molar-refractivity contribution is 0.0844. The number of hydrogen-bond donors (Lipinski definition) is 2. The second-order valence-electron chi connectivity index (χ2n) is 6.18. The molecule has 0 atom stereocenters. The molecule has 0 unspecified atom stereocenters. The second kappa shape index (κ2) is 8.83. The third-order valence-electron chi connectivity index (χ3n) is 4.14. The van der Waals surface area contributed by atoms with Crippen molar-refractivity contribution in [3.05, 3.63) is 76.4 Å². The normalized spacial score (nSPS) is 12.0. The van der Waals surface area contributed by atoms with Gasteiger partial charge in [0.2, 0.25) is 5.88 Å². The zero-order chi connectivity index (χ0) is 20.9. The van der Waals surface area contributed by atoms with E-state index in [9.17, 15) is 9.59 Å². The number of carbonyl (C=O) groups excluding carboxylic acids is 2. The number of nitrogens with one attached hydrogen (secondary N) is 2. The van der Waals surface area contributed by atoms with E-state index in [1.807, 2.05) is 12.1 Å². The van der Waals surface area contributed by atoms with Gasteiger partial charge in [-0.1, -0.05) is 15.9 Å². The van der Waals surface area contributed by atoms with Crippen LogP contribution in [-0.2, 0) is 0 Å². The Morgan fingerprint density at radius 2 is 1.67 bits per heavy atom. The van der Waals surface area contributed by atoms with E-state index in [4.69, 9.17) is 14.2 Å². The minimum Gasteiger partial charge on any atom is -0.486 e. The Bertz CT molecular complexity index is 1090. The summed E-state index contributed by atoms with van der Waals surface area (Å²) in [6, 6.07) is 15.0. The average Bonchev–Trinajstić information content (AvgIpc) is 2.79. The van der Waals surface area contributed by atoms with Gasteiger partial charge in [-0.15, -0.1) is 0 Å². The van der Waals surface area contributed by atoms with Gasteiger partial charge in [0.1, 0.15) is 24.5 Å². The van der Waals surface area contributed by atoms with Crippen LogP contribution in [0.25, 0.3) is 0 Å². The molecular formula is C21H16BrN3O5. The largest absolute Gasteiger partial charge is 0.486 e. The van der Waals surface area contributed by atoms with Crippen molar-refractivity contribution in [1.82, 2.24) is 15.8 Å². The van der Waals surface area contributed by atoms with Gasteiger partial charge in [0.25, 0.3) is 11.8 Å². The summed E-state index contributed by atoms with van der Waals surface area (Å²) in [4.78, 5) is 29.1. The van der Waals surface area contributed by atoms with E-state index in [2.05, 4.69) is 31.8 Å². The molecule has 2 heterocycles. The number of benzene rings is 2. The number of nitrogens with zero attached hydrogens (tertiary/aromatic N) is 1. The van der Waals surface area contributed by atoms with Crippen molar-refractivity contribution in [1.29, 1.82) is 0 Å². The van der Waals surface area contributed by atoms with E-state index >= 15 is 0 Å². The molecule has 1 aliphatic heterocycles. The SMILES string of the molecule is O=C(NNC(=O)c1cccnc1Oc1ccc(Br)cc1)c1ccc2c(c1)OCCO2. The predicted octanol–water partition coefficient (Wildman–Crippen LogP) is 3.48. The number of hydrogen-bond acceptors (Lipinski definition) is 6. The number of hydrazine groups is 1. The maximum Gasteiger partial charge on any atom is 0.275 e. The summed E-state index contributed by atoms with van der Waals surface area (Å²) in [5, 5.41) is 0. The number of aromatic nitrogens is 1. The van der Waals surface area contributed by atoms with Gasteiger partial charge in [-0.3, -0.25) is 20.4 Å². The topological polar surface area (TPSA) is 98.8 Å². The van der Waals surface area contributed by atoms with Crippen LogP contribution in [-0.4, -0.2) is 30.0 Å². The highest BCUT2D eigenvalue weighted by Gasteiger charge is 2.18. The Kier molecular flexibility index (Phi) is 5.80. The molecule has 2 N–H and O–H groups in total. The lowest BCUT2D eigenvalue weighted by Crippen LogP contribution is -2.41. The third kappa shape index (κ3) is 4.52. The summed E-state index contributed by atoms with van der Waals surface area (Å²) in [5.41, 5.74) is 5.24. The zero-order valence-corrected chi connectivity index (χ0v) is 17.1. The Labute approximate surface area is 180 Å². The number of fused-ring (bicyclic) bond motifs is 1. The number of ether oxygens (including phenoxy) is 3. The number of rotatable bonds is 4. The van der Waals surface area contributed by atoms with Crippen molar-refractivity contribution in [3.8, 4) is 23.1 Å². The summed E-state index contributed by atoms with van der Waals surface area (Å²) in [6.07, 6.45) is 1.51. The van der Waals surface area contributed by atoms with E-state index in [0.29, 0.717) is 36.0 Å². The van der Waals surface area contributed by atoms with Crippen LogP contribution < -0.4 is 25.1 Å². The molecule has 152 valence electrons. The number of pyridine rings is 1. The van der Waals surface area contributed by atoms with Crippen LogP contribution in [0, 0.1) is 0 Å². The highest BCUT2D eigenvalue weighted by molar-refractivity contribution is 9.10. The molecule has 0 saturated carbocycles. The van der Waals surface area contributed by atoms with E-state index < -0.39 is 11.8 Å². The maximum absolute atomic E-state index is 12.6. The molecule has 0 bridgehead atoms. The van der Waals surface area contributed by atoms with Crippen molar-refractivity contribution in [3.63, 3.8) is 0 Å². The van der Waals surface area contributed by atoms with Crippen molar-refractivity contribution in [2.45, 2.75) is 0 Å². The Balaban J connectivity index is 1.43. The molecule has 8 nitrogen and oxygen atoms in total. The molecular weight excluding hydrogens is 454 g/mol. The maximum atomic E-state index is 12.6. The summed E-state index contributed by atoms with van der Waals surface area (Å²) >= 11 is 3.35. The van der Waals surface area contributed by atoms with E-state index in [-0.39, 0.29) is 11.4 Å². The van der Waals surface area contributed by atoms with Crippen molar-refractivity contribution < 1.29 is 23.8 Å². The van der Waals surface area contributed by atoms with Gasteiger partial charge in [-0.05, 0) is 54.6 Å². The minimum absolute atomic E-state index is 0.117. The Morgan fingerprint density at radius 1 is 0.933 bits per heavy atom. The lowest BCUT2D eigenvalue weighted by atomic mass is 10.2. The lowest BCUT2D eigenvalue weighted by Gasteiger charge is -2.18. The first-order valence-electron chi connectivity index (χ1n) is 8.99. The smallest absolute Gasteiger partial charge is 0.275 e. The Morgan fingerprint density at radius 3 is 2.47 bits per heavy atom. The molecule has 1 aliphatic rings. The standard InChI is InChI=1S/C21H16BrN3O5/c22-14-4-6-15(7-5-14)30-21-16(2-1-9-23-21)20(27)25-24-19(26)13-3-8-17-18(12-13)29-11-10-28-17/h1-9,12H,10-11H2,(H,24,26)(H,25,27). The van der Waals surface area contributed by atoms with Crippen molar-refractivity contribution >= 4 is 27.7 Å². The van der Waals surface area contributed by atoms with Crippen molar-refractivity contribution in [2.24, 2.45) is 0 Å². The van der Waals surface area contributed by atoms with Crippen LogP contribution in [0.4, 0.5) is 0 Å². The molecule has 1 aromatic heterocycles. The van der Waals surface area contributed by atoms with Gasteiger partial charge in [0, 0.05) is 16.2 Å². The van der Waals surface area contributed by atoms with Gasteiger partial charge in [-0.25, -0.2) is 4.98 Å². The molecule has 2 amide bonds. The summed E-state index contributed by atoms with van der Waals surface area (Å²) in [6.45, 7) is 0.876. The second-order valence-corrected chi connectivity index (χ2v) is 7.09. The molecule has 30 heavy (non-hydrogen) atoms. The van der Waals surface area contributed by atoms with Gasteiger partial charge in [0.05, 0.1) is 0 Å². The van der Waals surface area contributed by atoms with Crippen molar-refractivity contribution in [2.75, 3.05) is 13.2 Å². The average molecular weight is 470 g/mol. The molecule has 0 saturated heterocycles. The molecule has 0 aliphatic carbocycles. The van der Waals surface area contributed by atoms with Gasteiger partial charge >= 0.3 is 0 Å². The third-order valence-corrected chi connectivity index (χ3v) is 4.67. The molecule has 4 rings (SSSR count). The summed E-state index contributed by atoms with van der Waals surface area (Å²) in [5.74, 6) is 0.627. The molecule has 0 fully saturated rings. The van der Waals surface area contributed by atoms with Crippen LogP contribution in [0.1, 0.15) is 20.7 Å². The summed E-state index contributed by atoms with van der Waals surface area (Å²) < 4.78 is 17.5. The van der Waals surface area contributed by atoms with Gasteiger partial charge < -0.3 is 14.2 Å². The molecule has 9 heteroatoms. The van der Waals surface area contributed by atoms with Gasteiger partial charge in [-0.2, -0.15) is 0 Å². The van der Waals surface area contributed by atoms with Crippen LogP contribution in [0.15, 0.2) is 65.3 Å².